The lowest BCUT2D eigenvalue weighted by Crippen LogP contribution is -2.22. The normalized spacial score (nSPS) is 15.1. The summed E-state index contributed by atoms with van der Waals surface area (Å²) in [5.41, 5.74) is 7.32. The lowest BCUT2D eigenvalue weighted by molar-refractivity contribution is 0.169. The Morgan fingerprint density at radius 3 is 3.05 bits per heavy atom. The molecular formula is C15H19N3O2. The Labute approximate surface area is 118 Å². The first-order chi connectivity index (χ1) is 9.81. The van der Waals surface area contributed by atoms with Crippen molar-refractivity contribution in [3.8, 4) is 11.5 Å². The van der Waals surface area contributed by atoms with Crippen LogP contribution in [-0.4, -0.2) is 22.8 Å². The third-order valence-corrected chi connectivity index (χ3v) is 3.42. The fraction of sp³-hybridized carbons (Fsp3) is 0.400. The molecule has 1 aromatic heterocycles. The van der Waals surface area contributed by atoms with Gasteiger partial charge in [-0.25, -0.2) is 4.98 Å². The minimum absolute atomic E-state index is 0.312. The Hall–Kier alpha value is -2.01. The number of benzene rings is 1. The number of hydrogen-bond acceptors (Lipinski definition) is 4. The van der Waals surface area contributed by atoms with Gasteiger partial charge in [-0.3, -0.25) is 0 Å². The van der Waals surface area contributed by atoms with Crippen molar-refractivity contribution in [3.05, 3.63) is 42.0 Å². The van der Waals surface area contributed by atoms with Gasteiger partial charge in [0.25, 0.3) is 0 Å². The third kappa shape index (κ3) is 2.25. The number of ether oxygens (including phenoxy) is 2. The largest absolute Gasteiger partial charge is 0.486 e. The average Bonchev–Trinajstić information content (AvgIpc) is 2.94. The summed E-state index contributed by atoms with van der Waals surface area (Å²) in [4.78, 5) is 4.40. The molecule has 0 fully saturated rings. The van der Waals surface area contributed by atoms with E-state index in [2.05, 4.69) is 16.5 Å². The quantitative estimate of drug-likeness (QED) is 0.926. The molecule has 0 aliphatic carbocycles. The van der Waals surface area contributed by atoms with E-state index in [1.54, 1.807) is 6.20 Å². The Balaban J connectivity index is 1.98. The van der Waals surface area contributed by atoms with Gasteiger partial charge in [0.05, 0.1) is 6.04 Å². The van der Waals surface area contributed by atoms with Crippen LogP contribution in [-0.2, 0) is 6.54 Å². The van der Waals surface area contributed by atoms with Crippen LogP contribution in [0.15, 0.2) is 30.6 Å². The second-order valence-electron chi connectivity index (χ2n) is 4.83. The number of para-hydroxylation sites is 1. The Bertz CT molecular complexity index is 595. The van der Waals surface area contributed by atoms with Gasteiger partial charge in [0.2, 0.25) is 0 Å². The molecular weight excluding hydrogens is 254 g/mol. The van der Waals surface area contributed by atoms with E-state index in [1.807, 2.05) is 24.4 Å². The maximum absolute atomic E-state index is 6.40. The van der Waals surface area contributed by atoms with Crippen molar-refractivity contribution in [3.63, 3.8) is 0 Å². The predicted molar refractivity (Wildman–Crippen MR) is 76.0 cm³/mol. The molecule has 0 saturated heterocycles. The number of aromatic nitrogens is 2. The highest BCUT2D eigenvalue weighted by molar-refractivity contribution is 5.50. The molecule has 1 aromatic carbocycles. The number of nitrogens with two attached hydrogens (primary N) is 1. The summed E-state index contributed by atoms with van der Waals surface area (Å²) in [6, 6.07) is 5.51. The minimum atomic E-state index is -0.312. The number of imidazole rings is 1. The molecule has 0 amide bonds. The zero-order chi connectivity index (χ0) is 13.9. The maximum Gasteiger partial charge on any atom is 0.166 e. The van der Waals surface area contributed by atoms with Crippen LogP contribution in [0.1, 0.15) is 30.8 Å². The topological polar surface area (TPSA) is 62.3 Å². The van der Waals surface area contributed by atoms with Gasteiger partial charge in [0.15, 0.2) is 11.5 Å². The SMILES string of the molecule is CCCn1ccnc1C(N)c1cccc2c1OCCO2. The van der Waals surface area contributed by atoms with Crippen LogP contribution in [0.25, 0.3) is 0 Å². The van der Waals surface area contributed by atoms with Gasteiger partial charge in [0.1, 0.15) is 19.0 Å². The van der Waals surface area contributed by atoms with E-state index in [4.69, 9.17) is 15.2 Å². The summed E-state index contributed by atoms with van der Waals surface area (Å²) in [6.07, 6.45) is 4.80. The fourth-order valence-corrected chi connectivity index (χ4v) is 2.51. The summed E-state index contributed by atoms with van der Waals surface area (Å²) < 4.78 is 13.4. The highest BCUT2D eigenvalue weighted by Crippen LogP contribution is 2.37. The van der Waals surface area contributed by atoms with Crippen LogP contribution in [0.5, 0.6) is 11.5 Å². The number of nitrogens with zero attached hydrogens (tertiary/aromatic N) is 2. The van der Waals surface area contributed by atoms with E-state index < -0.39 is 0 Å². The molecule has 106 valence electrons. The first-order valence-corrected chi connectivity index (χ1v) is 6.96. The van der Waals surface area contributed by atoms with Crippen LogP contribution < -0.4 is 15.2 Å². The van der Waals surface area contributed by atoms with E-state index in [9.17, 15) is 0 Å². The first kappa shape index (κ1) is 13.0. The molecule has 0 bridgehead atoms. The van der Waals surface area contributed by atoms with Crippen LogP contribution in [0.4, 0.5) is 0 Å². The zero-order valence-corrected chi connectivity index (χ0v) is 11.6. The summed E-state index contributed by atoms with van der Waals surface area (Å²) in [5, 5.41) is 0. The van der Waals surface area contributed by atoms with Crippen molar-refractivity contribution in [2.75, 3.05) is 13.2 Å². The molecule has 3 rings (SSSR count). The van der Waals surface area contributed by atoms with Gasteiger partial charge < -0.3 is 19.8 Å². The molecule has 5 heteroatoms. The Morgan fingerprint density at radius 2 is 2.20 bits per heavy atom. The van der Waals surface area contributed by atoms with Gasteiger partial charge in [-0.05, 0) is 12.5 Å². The predicted octanol–water partition coefficient (Wildman–Crippen LogP) is 2.11. The van der Waals surface area contributed by atoms with Crippen molar-refractivity contribution >= 4 is 0 Å². The van der Waals surface area contributed by atoms with E-state index in [0.29, 0.717) is 13.2 Å². The molecule has 1 aliphatic heterocycles. The Morgan fingerprint density at radius 1 is 1.35 bits per heavy atom. The molecule has 0 radical (unpaired) electrons. The van der Waals surface area contributed by atoms with E-state index in [-0.39, 0.29) is 6.04 Å². The summed E-state index contributed by atoms with van der Waals surface area (Å²) in [7, 11) is 0. The van der Waals surface area contributed by atoms with Crippen molar-refractivity contribution < 1.29 is 9.47 Å². The van der Waals surface area contributed by atoms with Gasteiger partial charge in [0, 0.05) is 24.5 Å². The second kappa shape index (κ2) is 5.54. The molecule has 2 aromatic rings. The second-order valence-corrected chi connectivity index (χ2v) is 4.83. The van der Waals surface area contributed by atoms with Gasteiger partial charge >= 0.3 is 0 Å². The molecule has 20 heavy (non-hydrogen) atoms. The summed E-state index contributed by atoms with van der Waals surface area (Å²) in [5.74, 6) is 2.37. The zero-order valence-electron chi connectivity index (χ0n) is 11.6. The minimum Gasteiger partial charge on any atom is -0.486 e. The van der Waals surface area contributed by atoms with Crippen molar-refractivity contribution in [1.82, 2.24) is 9.55 Å². The molecule has 1 unspecified atom stereocenters. The molecule has 0 spiro atoms. The van der Waals surface area contributed by atoms with Crippen molar-refractivity contribution in [2.45, 2.75) is 25.9 Å². The van der Waals surface area contributed by atoms with Gasteiger partial charge in [-0.1, -0.05) is 19.1 Å². The maximum atomic E-state index is 6.40. The monoisotopic (exact) mass is 273 g/mol. The number of aryl methyl sites for hydroxylation is 1. The van der Waals surface area contributed by atoms with Gasteiger partial charge in [-0.15, -0.1) is 0 Å². The molecule has 2 N–H and O–H groups in total. The van der Waals surface area contributed by atoms with Crippen LogP contribution in [0, 0.1) is 0 Å². The number of fused-ring (bicyclic) bond motifs is 1. The first-order valence-electron chi connectivity index (χ1n) is 6.96. The highest BCUT2D eigenvalue weighted by Gasteiger charge is 2.23. The van der Waals surface area contributed by atoms with E-state index in [0.717, 1.165) is 35.9 Å². The molecule has 5 nitrogen and oxygen atoms in total. The Kier molecular flexibility index (Phi) is 3.60. The van der Waals surface area contributed by atoms with Crippen LogP contribution in [0.2, 0.25) is 0 Å². The van der Waals surface area contributed by atoms with E-state index >= 15 is 0 Å². The molecule has 2 heterocycles. The molecule has 0 saturated carbocycles. The molecule has 1 atom stereocenters. The smallest absolute Gasteiger partial charge is 0.166 e. The third-order valence-electron chi connectivity index (χ3n) is 3.42. The lowest BCUT2D eigenvalue weighted by atomic mass is 10.0. The van der Waals surface area contributed by atoms with Gasteiger partial charge in [-0.2, -0.15) is 0 Å². The van der Waals surface area contributed by atoms with E-state index in [1.165, 1.54) is 0 Å². The fourth-order valence-electron chi connectivity index (χ4n) is 2.51. The lowest BCUT2D eigenvalue weighted by Gasteiger charge is -2.23. The molecule has 1 aliphatic rings. The number of rotatable bonds is 4. The number of hydrogen-bond donors (Lipinski definition) is 1. The summed E-state index contributed by atoms with van der Waals surface area (Å²) >= 11 is 0. The van der Waals surface area contributed by atoms with Crippen LogP contribution >= 0.6 is 0 Å². The summed E-state index contributed by atoms with van der Waals surface area (Å²) in [6.45, 7) is 4.18. The highest BCUT2D eigenvalue weighted by atomic mass is 16.6. The average molecular weight is 273 g/mol. The van der Waals surface area contributed by atoms with Crippen LogP contribution in [0.3, 0.4) is 0 Å². The standard InChI is InChI=1S/C15H19N3O2/c1-2-7-18-8-6-17-15(18)13(16)11-4-3-5-12-14(11)20-10-9-19-12/h3-6,8,13H,2,7,9-10,16H2,1H3. The van der Waals surface area contributed by atoms with Crippen molar-refractivity contribution in [2.24, 2.45) is 5.73 Å². The van der Waals surface area contributed by atoms with Crippen molar-refractivity contribution in [1.29, 1.82) is 0 Å².